The third-order valence-electron chi connectivity index (χ3n) is 5.05. The van der Waals surface area contributed by atoms with Crippen LogP contribution in [0.2, 0.25) is 0 Å². The highest BCUT2D eigenvalue weighted by molar-refractivity contribution is 7.11. The Morgan fingerprint density at radius 1 is 1.23 bits per heavy atom. The summed E-state index contributed by atoms with van der Waals surface area (Å²) in [5.41, 5.74) is 4.20. The predicted molar refractivity (Wildman–Crippen MR) is 119 cm³/mol. The molecule has 1 aliphatic rings. The molecule has 0 atom stereocenters. The molecule has 0 spiro atoms. The maximum Gasteiger partial charge on any atom is 0.265 e. The van der Waals surface area contributed by atoms with Crippen LogP contribution in [0.1, 0.15) is 22.4 Å². The first kappa shape index (κ1) is 20.1. The van der Waals surface area contributed by atoms with Crippen molar-refractivity contribution in [1.29, 1.82) is 0 Å². The monoisotopic (exact) mass is 421 g/mol. The zero-order valence-electron chi connectivity index (χ0n) is 17.2. The first-order valence-electron chi connectivity index (χ1n) is 9.85. The lowest BCUT2D eigenvalue weighted by Gasteiger charge is -2.29. The lowest BCUT2D eigenvalue weighted by Crippen LogP contribution is -2.43. The Bertz CT molecular complexity index is 1120. The van der Waals surface area contributed by atoms with Crippen LogP contribution in [-0.2, 0) is 16.0 Å². The van der Waals surface area contributed by atoms with Crippen molar-refractivity contribution in [3.05, 3.63) is 57.9 Å². The summed E-state index contributed by atoms with van der Waals surface area (Å²) in [6.45, 7) is 5.87. The Kier molecular flexibility index (Phi) is 5.55. The Morgan fingerprint density at radius 3 is 2.77 bits per heavy atom. The van der Waals surface area contributed by atoms with Crippen LogP contribution in [0.4, 0.5) is 11.4 Å². The second kappa shape index (κ2) is 8.28. The van der Waals surface area contributed by atoms with Crippen molar-refractivity contribution < 1.29 is 14.3 Å². The SMILES string of the molecule is CCc1ccccc1NC(=O)CN1C(=O)COc2ccc(-c3nc(C)sc3C)cc21. The highest BCUT2D eigenvalue weighted by Crippen LogP contribution is 2.37. The molecule has 0 fully saturated rings. The highest BCUT2D eigenvalue weighted by Gasteiger charge is 2.28. The molecule has 2 aromatic carbocycles. The molecule has 1 N–H and O–H groups in total. The average molecular weight is 422 g/mol. The van der Waals surface area contributed by atoms with Gasteiger partial charge in [-0.1, -0.05) is 25.1 Å². The van der Waals surface area contributed by atoms with E-state index in [1.807, 2.05) is 63.2 Å². The van der Waals surface area contributed by atoms with Gasteiger partial charge in [-0.2, -0.15) is 0 Å². The number of aryl methyl sites for hydroxylation is 3. The third kappa shape index (κ3) is 3.93. The molecule has 30 heavy (non-hydrogen) atoms. The van der Waals surface area contributed by atoms with E-state index in [2.05, 4.69) is 10.3 Å². The van der Waals surface area contributed by atoms with Crippen LogP contribution in [0.5, 0.6) is 5.75 Å². The standard InChI is InChI=1S/C23H23N3O3S/c1-4-16-7-5-6-8-18(16)25-21(27)12-26-19-11-17(23-14(2)30-15(3)24-23)9-10-20(19)29-13-22(26)28/h5-11H,4,12-13H2,1-3H3,(H,25,27). The highest BCUT2D eigenvalue weighted by atomic mass is 32.1. The van der Waals surface area contributed by atoms with Crippen molar-refractivity contribution in [1.82, 2.24) is 4.98 Å². The van der Waals surface area contributed by atoms with Gasteiger partial charge in [-0.05, 0) is 50.1 Å². The molecule has 0 bridgehead atoms. The molecule has 3 aromatic rings. The van der Waals surface area contributed by atoms with Crippen molar-refractivity contribution >= 4 is 34.5 Å². The lowest BCUT2D eigenvalue weighted by molar-refractivity contribution is -0.123. The van der Waals surface area contributed by atoms with Gasteiger partial charge < -0.3 is 10.1 Å². The number of amides is 2. The van der Waals surface area contributed by atoms with E-state index in [-0.39, 0.29) is 25.0 Å². The first-order valence-corrected chi connectivity index (χ1v) is 10.7. The van der Waals surface area contributed by atoms with Gasteiger partial charge in [0, 0.05) is 16.1 Å². The van der Waals surface area contributed by atoms with Gasteiger partial charge >= 0.3 is 0 Å². The van der Waals surface area contributed by atoms with Crippen LogP contribution >= 0.6 is 11.3 Å². The fourth-order valence-corrected chi connectivity index (χ4v) is 4.44. The molecule has 7 heteroatoms. The zero-order valence-corrected chi connectivity index (χ0v) is 18.0. The molecule has 0 unspecified atom stereocenters. The summed E-state index contributed by atoms with van der Waals surface area (Å²) < 4.78 is 5.59. The minimum absolute atomic E-state index is 0.0776. The van der Waals surface area contributed by atoms with Crippen molar-refractivity contribution in [2.75, 3.05) is 23.4 Å². The number of hydrogen-bond donors (Lipinski definition) is 1. The quantitative estimate of drug-likeness (QED) is 0.665. The number of hydrogen-bond acceptors (Lipinski definition) is 5. The summed E-state index contributed by atoms with van der Waals surface area (Å²) >= 11 is 1.63. The topological polar surface area (TPSA) is 71.5 Å². The summed E-state index contributed by atoms with van der Waals surface area (Å²) in [7, 11) is 0. The number of fused-ring (bicyclic) bond motifs is 1. The summed E-state index contributed by atoms with van der Waals surface area (Å²) in [6, 6.07) is 13.3. The molecule has 2 amide bonds. The summed E-state index contributed by atoms with van der Waals surface area (Å²) in [4.78, 5) is 32.6. The fourth-order valence-electron chi connectivity index (χ4n) is 3.60. The number of anilines is 2. The van der Waals surface area contributed by atoms with Gasteiger partial charge in [-0.3, -0.25) is 14.5 Å². The van der Waals surface area contributed by atoms with Crippen molar-refractivity contribution in [3.8, 4) is 17.0 Å². The number of aromatic nitrogens is 1. The Morgan fingerprint density at radius 2 is 2.03 bits per heavy atom. The minimum Gasteiger partial charge on any atom is -0.482 e. The minimum atomic E-state index is -0.247. The van der Waals surface area contributed by atoms with Crippen molar-refractivity contribution in [2.24, 2.45) is 0 Å². The molecule has 0 saturated heterocycles. The second-order valence-electron chi connectivity index (χ2n) is 7.15. The molecular weight excluding hydrogens is 398 g/mol. The number of ether oxygens (including phenoxy) is 1. The van der Waals surface area contributed by atoms with Gasteiger partial charge in [-0.15, -0.1) is 11.3 Å². The maximum atomic E-state index is 12.8. The van der Waals surface area contributed by atoms with Crippen LogP contribution in [-0.4, -0.2) is 29.9 Å². The maximum absolute atomic E-state index is 12.8. The normalized spacial score (nSPS) is 13.0. The summed E-state index contributed by atoms with van der Waals surface area (Å²) in [6.07, 6.45) is 0.811. The molecule has 0 aliphatic carbocycles. The summed E-state index contributed by atoms with van der Waals surface area (Å²) in [5, 5.41) is 3.92. The molecule has 0 saturated carbocycles. The van der Waals surface area contributed by atoms with Gasteiger partial charge in [0.1, 0.15) is 12.3 Å². The van der Waals surface area contributed by atoms with Crippen molar-refractivity contribution in [2.45, 2.75) is 27.2 Å². The Hall–Kier alpha value is -3.19. The number of para-hydroxylation sites is 1. The van der Waals surface area contributed by atoms with Gasteiger partial charge in [-0.25, -0.2) is 4.98 Å². The van der Waals surface area contributed by atoms with Gasteiger partial charge in [0.2, 0.25) is 5.91 Å². The number of carbonyl (C=O) groups is 2. The largest absolute Gasteiger partial charge is 0.482 e. The number of benzene rings is 2. The van der Waals surface area contributed by atoms with E-state index in [0.717, 1.165) is 38.8 Å². The second-order valence-corrected chi connectivity index (χ2v) is 8.55. The van der Waals surface area contributed by atoms with E-state index in [4.69, 9.17) is 4.74 Å². The number of thiazole rings is 1. The van der Waals surface area contributed by atoms with E-state index < -0.39 is 0 Å². The van der Waals surface area contributed by atoms with Crippen LogP contribution in [0.25, 0.3) is 11.3 Å². The van der Waals surface area contributed by atoms with E-state index in [1.165, 1.54) is 4.90 Å². The fraction of sp³-hybridized carbons (Fsp3) is 0.261. The van der Waals surface area contributed by atoms with Gasteiger partial charge in [0.05, 0.1) is 16.4 Å². The average Bonchev–Trinajstić information content (AvgIpc) is 3.08. The van der Waals surface area contributed by atoms with E-state index in [9.17, 15) is 9.59 Å². The Labute approximate surface area is 179 Å². The van der Waals surface area contributed by atoms with Gasteiger partial charge in [0.15, 0.2) is 6.61 Å². The van der Waals surface area contributed by atoms with Crippen LogP contribution in [0.15, 0.2) is 42.5 Å². The van der Waals surface area contributed by atoms with Crippen LogP contribution in [0, 0.1) is 13.8 Å². The molecule has 4 rings (SSSR count). The third-order valence-corrected chi connectivity index (χ3v) is 5.94. The summed E-state index contributed by atoms with van der Waals surface area (Å²) in [5.74, 6) is 0.0951. The molecule has 6 nitrogen and oxygen atoms in total. The zero-order chi connectivity index (χ0) is 21.3. The smallest absolute Gasteiger partial charge is 0.265 e. The molecule has 2 heterocycles. The van der Waals surface area contributed by atoms with E-state index in [0.29, 0.717) is 11.4 Å². The Balaban J connectivity index is 1.61. The lowest BCUT2D eigenvalue weighted by atomic mass is 10.1. The molecule has 1 aliphatic heterocycles. The number of rotatable bonds is 5. The molecule has 0 radical (unpaired) electrons. The van der Waals surface area contributed by atoms with Crippen LogP contribution < -0.4 is 15.0 Å². The van der Waals surface area contributed by atoms with Crippen LogP contribution in [0.3, 0.4) is 0 Å². The van der Waals surface area contributed by atoms with E-state index in [1.54, 1.807) is 11.3 Å². The first-order chi connectivity index (χ1) is 14.5. The number of nitrogens with zero attached hydrogens (tertiary/aromatic N) is 2. The molecule has 154 valence electrons. The van der Waals surface area contributed by atoms with E-state index >= 15 is 0 Å². The molecular formula is C23H23N3O3S. The van der Waals surface area contributed by atoms with Crippen molar-refractivity contribution in [3.63, 3.8) is 0 Å². The molecule has 1 aromatic heterocycles. The predicted octanol–water partition coefficient (Wildman–Crippen LogP) is 4.35. The number of carbonyl (C=O) groups excluding carboxylic acids is 2. The van der Waals surface area contributed by atoms with Gasteiger partial charge in [0.25, 0.3) is 5.91 Å². The number of nitrogens with one attached hydrogen (secondary N) is 1.